The molecule has 1 aliphatic carbocycles. The maximum Gasteiger partial charge on any atom is 0.169 e. The van der Waals surface area contributed by atoms with E-state index in [1.54, 1.807) is 0 Å². The number of benzene rings is 3. The number of allylic oxidation sites excluding steroid dienone is 1. The number of hydrogen-bond donors (Lipinski definition) is 0. The summed E-state index contributed by atoms with van der Waals surface area (Å²) in [5.74, 6) is -0.0500. The van der Waals surface area contributed by atoms with Gasteiger partial charge < -0.3 is 4.74 Å². The number of Topliss-reactive ketones (excluding diaryl/α,β-unsaturated/α-hetero) is 1. The molecular weight excluding hydrogens is 444 g/mol. The molecule has 35 heavy (non-hydrogen) atoms. The summed E-state index contributed by atoms with van der Waals surface area (Å²) in [5, 5.41) is 1.92. The fourth-order valence-electron chi connectivity index (χ4n) is 5.98. The maximum atomic E-state index is 14.2. The molecule has 3 heteroatoms. The summed E-state index contributed by atoms with van der Waals surface area (Å²) < 4.78 is 6.65. The predicted molar refractivity (Wildman–Crippen MR) is 149 cm³/mol. The van der Waals surface area contributed by atoms with E-state index in [0.29, 0.717) is 0 Å². The zero-order valence-electron chi connectivity index (χ0n) is 21.4. The molecule has 0 spiro atoms. The van der Waals surface area contributed by atoms with Crippen molar-refractivity contribution in [3.05, 3.63) is 108 Å². The first-order valence-corrected chi connectivity index (χ1v) is 15.5. The highest BCUT2D eigenvalue weighted by molar-refractivity contribution is 7.04. The standard InChI is InChI=1S/C32H38O2Si/c1-4-5-6-10-17-26-24-30(31(33)27-18-11-7-12-19-27)32(25-26,34-2)35(3,28-20-13-8-14-21-28)29-22-15-9-16-23-29/h7-9,11-16,18-23,25,30H,4-6,10,17,24H2,1-3H3. The van der Waals surface area contributed by atoms with E-state index < -0.39 is 13.3 Å². The molecule has 0 saturated heterocycles. The average Bonchev–Trinajstić information content (AvgIpc) is 3.32. The normalized spacial score (nSPS) is 20.0. The van der Waals surface area contributed by atoms with Crippen molar-refractivity contribution in [3.63, 3.8) is 0 Å². The summed E-state index contributed by atoms with van der Waals surface area (Å²) in [6.07, 6.45) is 9.08. The van der Waals surface area contributed by atoms with E-state index in [1.807, 2.05) is 37.4 Å². The Kier molecular flexibility index (Phi) is 8.20. The van der Waals surface area contributed by atoms with Crippen molar-refractivity contribution in [1.82, 2.24) is 0 Å². The molecule has 0 fully saturated rings. The van der Waals surface area contributed by atoms with Gasteiger partial charge in [0.05, 0.1) is 11.1 Å². The molecule has 0 heterocycles. The molecule has 0 bridgehead atoms. The second-order valence-corrected chi connectivity index (χ2v) is 14.1. The fraction of sp³-hybridized carbons (Fsp3) is 0.344. The van der Waals surface area contributed by atoms with E-state index in [4.69, 9.17) is 4.74 Å². The third kappa shape index (κ3) is 4.85. The first-order valence-electron chi connectivity index (χ1n) is 13.0. The van der Waals surface area contributed by atoms with Gasteiger partial charge in [0.2, 0.25) is 0 Å². The largest absolute Gasteiger partial charge is 0.376 e. The lowest BCUT2D eigenvalue weighted by atomic mass is 9.91. The van der Waals surface area contributed by atoms with Crippen LogP contribution in [0, 0.1) is 5.92 Å². The zero-order valence-corrected chi connectivity index (χ0v) is 22.4. The zero-order chi connectivity index (χ0) is 24.7. The molecule has 182 valence electrons. The van der Waals surface area contributed by atoms with Crippen LogP contribution in [0.3, 0.4) is 0 Å². The monoisotopic (exact) mass is 482 g/mol. The van der Waals surface area contributed by atoms with E-state index >= 15 is 0 Å². The highest BCUT2D eigenvalue weighted by atomic mass is 28.3. The molecule has 0 aliphatic heterocycles. The molecule has 3 aromatic carbocycles. The van der Waals surface area contributed by atoms with Crippen molar-refractivity contribution in [2.24, 2.45) is 5.92 Å². The number of unbranched alkanes of at least 4 members (excludes halogenated alkanes) is 3. The third-order valence-electron chi connectivity index (χ3n) is 7.95. The molecule has 2 nitrogen and oxygen atoms in total. The number of carbonyl (C=O) groups is 1. The van der Waals surface area contributed by atoms with Crippen molar-refractivity contribution in [1.29, 1.82) is 0 Å². The SMILES string of the molecule is CCCCCCC1=CC(OC)([Si](C)(c2ccccc2)c2ccccc2)C(C(=O)c2ccccc2)C1. The summed E-state index contributed by atoms with van der Waals surface area (Å²) in [5.41, 5.74) is 2.15. The summed E-state index contributed by atoms with van der Waals surface area (Å²) >= 11 is 0. The predicted octanol–water partition coefficient (Wildman–Crippen LogP) is 6.60. The van der Waals surface area contributed by atoms with Gasteiger partial charge >= 0.3 is 0 Å². The van der Waals surface area contributed by atoms with Gasteiger partial charge in [0.1, 0.15) is 0 Å². The number of methoxy groups -OCH3 is 1. The Balaban J connectivity index is 1.88. The quantitative estimate of drug-likeness (QED) is 0.133. The van der Waals surface area contributed by atoms with E-state index in [-0.39, 0.29) is 11.7 Å². The van der Waals surface area contributed by atoms with E-state index in [2.05, 4.69) is 80.2 Å². The smallest absolute Gasteiger partial charge is 0.169 e. The number of carbonyl (C=O) groups excluding carboxylic acids is 1. The van der Waals surface area contributed by atoms with Gasteiger partial charge in [-0.05, 0) is 19.3 Å². The van der Waals surface area contributed by atoms with Crippen molar-refractivity contribution in [3.8, 4) is 0 Å². The van der Waals surface area contributed by atoms with Crippen molar-refractivity contribution >= 4 is 24.2 Å². The number of rotatable bonds is 11. The van der Waals surface area contributed by atoms with Gasteiger partial charge in [0, 0.05) is 12.7 Å². The van der Waals surface area contributed by atoms with Gasteiger partial charge in [-0.15, -0.1) is 0 Å². The fourth-order valence-corrected chi connectivity index (χ4v) is 10.8. The Morgan fingerprint density at radius 3 is 1.91 bits per heavy atom. The van der Waals surface area contributed by atoms with Crippen LogP contribution in [0.2, 0.25) is 6.55 Å². The van der Waals surface area contributed by atoms with Gasteiger partial charge in [-0.2, -0.15) is 0 Å². The van der Waals surface area contributed by atoms with Gasteiger partial charge in [-0.1, -0.05) is 146 Å². The molecule has 1 aliphatic rings. The lowest BCUT2D eigenvalue weighted by molar-refractivity contribution is 0.0449. The van der Waals surface area contributed by atoms with Crippen LogP contribution in [0.15, 0.2) is 103 Å². The molecular formula is C32H38O2Si. The molecule has 0 saturated carbocycles. The number of ketones is 1. The lowest BCUT2D eigenvalue weighted by Crippen LogP contribution is -2.74. The van der Waals surface area contributed by atoms with Crippen molar-refractivity contribution in [2.75, 3.05) is 7.11 Å². The molecule has 0 amide bonds. The minimum Gasteiger partial charge on any atom is -0.376 e. The van der Waals surface area contributed by atoms with Crippen LogP contribution in [-0.4, -0.2) is 26.2 Å². The highest BCUT2D eigenvalue weighted by Crippen LogP contribution is 2.46. The van der Waals surface area contributed by atoms with Crippen LogP contribution < -0.4 is 10.4 Å². The van der Waals surface area contributed by atoms with Crippen molar-refractivity contribution in [2.45, 2.75) is 57.2 Å². The molecule has 0 aromatic heterocycles. The second kappa shape index (κ2) is 11.3. The Hall–Kier alpha value is -2.75. The highest BCUT2D eigenvalue weighted by Gasteiger charge is 2.60. The van der Waals surface area contributed by atoms with Gasteiger partial charge in [0.25, 0.3) is 0 Å². The minimum atomic E-state index is -2.59. The molecule has 0 radical (unpaired) electrons. The topological polar surface area (TPSA) is 26.3 Å². The lowest BCUT2D eigenvalue weighted by Gasteiger charge is -2.47. The molecule has 4 rings (SSSR count). The molecule has 2 unspecified atom stereocenters. The van der Waals surface area contributed by atoms with Gasteiger partial charge in [-0.3, -0.25) is 4.79 Å². The summed E-state index contributed by atoms with van der Waals surface area (Å²) in [6, 6.07) is 31.3. The second-order valence-electron chi connectivity index (χ2n) is 9.95. The molecule has 0 N–H and O–H groups in total. The Morgan fingerprint density at radius 1 is 0.857 bits per heavy atom. The van der Waals surface area contributed by atoms with E-state index in [9.17, 15) is 4.79 Å². The number of hydrogen-bond acceptors (Lipinski definition) is 2. The van der Waals surface area contributed by atoms with Crippen LogP contribution in [0.4, 0.5) is 0 Å². The summed E-state index contributed by atoms with van der Waals surface area (Å²) in [6.45, 7) is 4.64. The van der Waals surface area contributed by atoms with Crippen LogP contribution in [0.25, 0.3) is 0 Å². The van der Waals surface area contributed by atoms with E-state index in [1.165, 1.54) is 41.6 Å². The maximum absolute atomic E-state index is 14.2. The van der Waals surface area contributed by atoms with Crippen molar-refractivity contribution < 1.29 is 9.53 Å². The van der Waals surface area contributed by atoms with Gasteiger partial charge in [-0.25, -0.2) is 0 Å². The number of ether oxygens (including phenoxy) is 1. The first-order chi connectivity index (χ1) is 17.1. The minimum absolute atomic E-state index is 0.192. The van der Waals surface area contributed by atoms with Gasteiger partial charge in [0.15, 0.2) is 13.9 Å². The van der Waals surface area contributed by atoms with Crippen LogP contribution in [0.5, 0.6) is 0 Å². The first kappa shape index (κ1) is 25.3. The Labute approximate surface area is 212 Å². The van der Waals surface area contributed by atoms with E-state index in [0.717, 1.165) is 18.4 Å². The third-order valence-corrected chi connectivity index (χ3v) is 13.2. The molecule has 2 atom stereocenters. The van der Waals surface area contributed by atoms with Crippen LogP contribution >= 0.6 is 0 Å². The Bertz CT molecular complexity index is 1080. The summed E-state index contributed by atoms with van der Waals surface area (Å²) in [4.78, 5) is 14.2. The summed E-state index contributed by atoms with van der Waals surface area (Å²) in [7, 11) is -0.775. The molecule has 3 aromatic rings. The Morgan fingerprint density at radius 2 is 1.40 bits per heavy atom. The van der Waals surface area contributed by atoms with Crippen LogP contribution in [0.1, 0.15) is 55.8 Å². The average molecular weight is 483 g/mol. The van der Waals surface area contributed by atoms with Crippen LogP contribution in [-0.2, 0) is 4.74 Å².